The molecule has 0 aliphatic rings. The van der Waals surface area contributed by atoms with Crippen LogP contribution in [0, 0.1) is 0 Å². The van der Waals surface area contributed by atoms with Crippen LogP contribution >= 0.6 is 0 Å². The molecular weight excluding hydrogens is 711 g/mol. The molecule has 12 aromatic rings. The summed E-state index contributed by atoms with van der Waals surface area (Å²) >= 11 is 0. The van der Waals surface area contributed by atoms with Crippen LogP contribution in [0.2, 0.25) is 0 Å². The Balaban J connectivity index is 0.957. The molecule has 58 heavy (non-hydrogen) atoms. The molecule has 0 amide bonds. The first-order valence-corrected chi connectivity index (χ1v) is 19.6. The van der Waals surface area contributed by atoms with Crippen LogP contribution < -0.4 is 4.90 Å². The topological polar surface area (TPSA) is 42.7 Å². The van der Waals surface area contributed by atoms with Crippen molar-refractivity contribution < 1.29 is 13.3 Å². The van der Waals surface area contributed by atoms with Gasteiger partial charge in [-0.05, 0) is 101 Å². The molecule has 0 aliphatic carbocycles. The molecule has 0 unspecified atom stereocenters. The second-order valence-electron chi connectivity index (χ2n) is 14.8. The molecule has 0 fully saturated rings. The highest BCUT2D eigenvalue weighted by molar-refractivity contribution is 6.13. The van der Waals surface area contributed by atoms with E-state index in [1.807, 2.05) is 36.4 Å². The average Bonchev–Trinajstić information content (AvgIpc) is 3.98. The van der Waals surface area contributed by atoms with Crippen LogP contribution in [0.1, 0.15) is 0 Å². The monoisotopic (exact) mass is 743 g/mol. The summed E-state index contributed by atoms with van der Waals surface area (Å²) in [6.07, 6.45) is 0. The van der Waals surface area contributed by atoms with E-state index in [0.717, 1.165) is 116 Å². The molecule has 0 bridgehead atoms. The van der Waals surface area contributed by atoms with Gasteiger partial charge >= 0.3 is 0 Å². The zero-order valence-electron chi connectivity index (χ0n) is 31.2. The van der Waals surface area contributed by atoms with E-state index in [-0.39, 0.29) is 0 Å². The fourth-order valence-corrected chi connectivity index (χ4v) is 8.73. The Morgan fingerprint density at radius 2 is 0.793 bits per heavy atom. The Hall–Kier alpha value is -7.82. The molecule has 0 radical (unpaired) electrons. The Morgan fingerprint density at radius 1 is 0.276 bits per heavy atom. The van der Waals surface area contributed by atoms with Gasteiger partial charge in [0.25, 0.3) is 0 Å². The molecule has 0 saturated carbocycles. The van der Waals surface area contributed by atoms with E-state index < -0.39 is 0 Å². The van der Waals surface area contributed by atoms with E-state index >= 15 is 0 Å². The van der Waals surface area contributed by atoms with E-state index in [1.165, 1.54) is 0 Å². The molecular formula is C54H33NO3. The fourth-order valence-electron chi connectivity index (χ4n) is 8.73. The molecule has 4 heteroatoms. The quantitative estimate of drug-likeness (QED) is 0.170. The summed E-state index contributed by atoms with van der Waals surface area (Å²) < 4.78 is 18.9. The molecule has 12 rings (SSSR count). The number of benzene rings is 9. The minimum atomic E-state index is 0.870. The van der Waals surface area contributed by atoms with Crippen molar-refractivity contribution in [3.8, 4) is 33.4 Å². The van der Waals surface area contributed by atoms with E-state index in [2.05, 4.69) is 169 Å². The summed E-state index contributed by atoms with van der Waals surface area (Å²) in [5.41, 5.74) is 15.3. The Labute approximate surface area is 333 Å². The SMILES string of the molecule is c1ccc(-c2cccc3c2oc2ccc(-c4ccc(N(c5ccc(-c6cccc7oc8ccccc8c67)cc5)c5ccc6oc7ccccc7c6c5)cc4)cc23)cc1. The lowest BCUT2D eigenvalue weighted by atomic mass is 9.98. The highest BCUT2D eigenvalue weighted by atomic mass is 16.3. The zero-order valence-corrected chi connectivity index (χ0v) is 31.2. The standard InChI is InChI=1S/C54H33NO3/c1-2-10-35(11-3-1)42-15-8-16-44-46-32-37(24-30-51(46)58-54(42)44)34-20-25-38(26-21-34)55(40-29-31-50-47(33-40)43-12-4-6-17-48(43)56-50)39-27-22-36(23-28-39)41-14-9-19-52-53(41)45-13-5-7-18-49(45)57-52/h1-33H. The lowest BCUT2D eigenvalue weighted by Crippen LogP contribution is -2.09. The zero-order chi connectivity index (χ0) is 38.2. The van der Waals surface area contributed by atoms with E-state index in [9.17, 15) is 0 Å². The number of furan rings is 3. The van der Waals surface area contributed by atoms with Crippen LogP contribution in [0.5, 0.6) is 0 Å². The van der Waals surface area contributed by atoms with Crippen molar-refractivity contribution in [3.05, 3.63) is 200 Å². The second kappa shape index (κ2) is 12.9. The lowest BCUT2D eigenvalue weighted by molar-refractivity contribution is 0.668. The molecule has 4 nitrogen and oxygen atoms in total. The summed E-state index contributed by atoms with van der Waals surface area (Å²) in [5.74, 6) is 0. The first kappa shape index (κ1) is 32.4. The molecule has 3 aromatic heterocycles. The number of anilines is 3. The van der Waals surface area contributed by atoms with Gasteiger partial charge in [-0.2, -0.15) is 0 Å². The first-order chi connectivity index (χ1) is 28.7. The molecule has 3 heterocycles. The summed E-state index contributed by atoms with van der Waals surface area (Å²) in [7, 11) is 0. The summed E-state index contributed by atoms with van der Waals surface area (Å²) in [6.45, 7) is 0. The molecule has 0 atom stereocenters. The minimum absolute atomic E-state index is 0.870. The van der Waals surface area contributed by atoms with Crippen molar-refractivity contribution in [3.63, 3.8) is 0 Å². The van der Waals surface area contributed by atoms with Gasteiger partial charge < -0.3 is 18.2 Å². The smallest absolute Gasteiger partial charge is 0.143 e. The maximum Gasteiger partial charge on any atom is 0.143 e. The normalized spacial score (nSPS) is 11.8. The van der Waals surface area contributed by atoms with Crippen molar-refractivity contribution in [2.75, 3.05) is 4.90 Å². The van der Waals surface area contributed by atoms with Gasteiger partial charge in [-0.1, -0.05) is 127 Å². The Kier molecular flexibility index (Phi) is 7.20. The highest BCUT2D eigenvalue weighted by Gasteiger charge is 2.18. The van der Waals surface area contributed by atoms with Crippen molar-refractivity contribution in [2.45, 2.75) is 0 Å². The molecule has 0 saturated heterocycles. The average molecular weight is 744 g/mol. The van der Waals surface area contributed by atoms with E-state index in [1.54, 1.807) is 0 Å². The van der Waals surface area contributed by atoms with Gasteiger partial charge in [0.15, 0.2) is 0 Å². The lowest BCUT2D eigenvalue weighted by Gasteiger charge is -2.26. The second-order valence-corrected chi connectivity index (χ2v) is 14.8. The maximum absolute atomic E-state index is 6.48. The van der Waals surface area contributed by atoms with E-state index in [4.69, 9.17) is 13.3 Å². The van der Waals surface area contributed by atoms with Crippen molar-refractivity contribution in [1.82, 2.24) is 0 Å². The molecule has 0 spiro atoms. The largest absolute Gasteiger partial charge is 0.456 e. The number of hydrogen-bond donors (Lipinski definition) is 0. The van der Waals surface area contributed by atoms with Gasteiger partial charge in [-0.25, -0.2) is 0 Å². The van der Waals surface area contributed by atoms with Gasteiger partial charge in [0.2, 0.25) is 0 Å². The van der Waals surface area contributed by atoms with Gasteiger partial charge in [0.05, 0.1) is 0 Å². The summed E-state index contributed by atoms with van der Waals surface area (Å²) in [4.78, 5) is 2.32. The number of para-hydroxylation sites is 3. The number of rotatable bonds is 6. The van der Waals surface area contributed by atoms with Crippen LogP contribution in [0.25, 0.3) is 99.2 Å². The van der Waals surface area contributed by atoms with Crippen LogP contribution in [0.4, 0.5) is 17.1 Å². The number of fused-ring (bicyclic) bond motifs is 9. The van der Waals surface area contributed by atoms with Crippen LogP contribution in [0.15, 0.2) is 213 Å². The highest BCUT2D eigenvalue weighted by Crippen LogP contribution is 2.43. The van der Waals surface area contributed by atoms with Crippen molar-refractivity contribution >= 4 is 82.9 Å². The molecule has 0 aliphatic heterocycles. The van der Waals surface area contributed by atoms with Crippen LogP contribution in [0.3, 0.4) is 0 Å². The molecule has 0 N–H and O–H groups in total. The van der Waals surface area contributed by atoms with Crippen molar-refractivity contribution in [1.29, 1.82) is 0 Å². The number of hydrogen-bond acceptors (Lipinski definition) is 4. The predicted molar refractivity (Wildman–Crippen MR) is 239 cm³/mol. The Morgan fingerprint density at radius 3 is 1.60 bits per heavy atom. The summed E-state index contributed by atoms with van der Waals surface area (Å²) in [5, 5.41) is 6.66. The van der Waals surface area contributed by atoms with Crippen LogP contribution in [-0.4, -0.2) is 0 Å². The number of nitrogens with zero attached hydrogens (tertiary/aromatic N) is 1. The third-order valence-corrected chi connectivity index (χ3v) is 11.5. The first-order valence-electron chi connectivity index (χ1n) is 19.6. The minimum Gasteiger partial charge on any atom is -0.456 e. The van der Waals surface area contributed by atoms with Gasteiger partial charge in [-0.15, -0.1) is 0 Å². The maximum atomic E-state index is 6.48. The Bertz CT molecular complexity index is 3500. The van der Waals surface area contributed by atoms with Crippen LogP contribution in [-0.2, 0) is 0 Å². The third-order valence-electron chi connectivity index (χ3n) is 11.5. The third kappa shape index (κ3) is 5.16. The molecule has 9 aromatic carbocycles. The van der Waals surface area contributed by atoms with Crippen molar-refractivity contribution in [2.24, 2.45) is 0 Å². The molecule has 272 valence electrons. The van der Waals surface area contributed by atoms with Gasteiger partial charge in [-0.3, -0.25) is 0 Å². The van der Waals surface area contributed by atoms with Gasteiger partial charge in [0.1, 0.15) is 33.5 Å². The fraction of sp³-hybridized carbons (Fsp3) is 0. The van der Waals surface area contributed by atoms with E-state index in [0.29, 0.717) is 0 Å². The summed E-state index contributed by atoms with van der Waals surface area (Å²) in [6, 6.07) is 70.3. The van der Waals surface area contributed by atoms with Gasteiger partial charge in [0, 0.05) is 54.9 Å². The predicted octanol–water partition coefficient (Wildman–Crippen LogP) is 15.9.